The quantitative estimate of drug-likeness (QED) is 0.217. The van der Waals surface area contributed by atoms with Crippen LogP contribution in [-0.2, 0) is 38.1 Å². The minimum absolute atomic E-state index is 0.00607. The van der Waals surface area contributed by atoms with Gasteiger partial charge in [-0.2, -0.15) is 9.97 Å². The number of ether oxygens (including phenoxy) is 4. The summed E-state index contributed by atoms with van der Waals surface area (Å²) in [5.41, 5.74) is -1.21. The number of anilines is 1. The zero-order valence-electron chi connectivity index (χ0n) is 21.8. The van der Waals surface area contributed by atoms with Gasteiger partial charge in [-0.1, -0.05) is 33.6 Å². The number of nitrogens with one attached hydrogen (secondary N) is 1. The first-order valence-corrected chi connectivity index (χ1v) is 12.7. The fourth-order valence-corrected chi connectivity index (χ4v) is 4.23. The van der Waals surface area contributed by atoms with Crippen LogP contribution in [0.15, 0.2) is 6.33 Å². The van der Waals surface area contributed by atoms with Crippen molar-refractivity contribution in [2.24, 2.45) is 11.8 Å². The smallest absolute Gasteiger partial charge is 0.308 e. The molecule has 2 fully saturated rings. The van der Waals surface area contributed by atoms with Crippen LogP contribution in [0.5, 0.6) is 0 Å². The van der Waals surface area contributed by atoms with Gasteiger partial charge in [-0.15, -0.1) is 6.42 Å². The van der Waals surface area contributed by atoms with E-state index in [9.17, 15) is 19.2 Å². The van der Waals surface area contributed by atoms with E-state index in [-0.39, 0.29) is 48.1 Å². The lowest BCUT2D eigenvalue weighted by atomic mass is 9.98. The Balaban J connectivity index is 1.65. The maximum absolute atomic E-state index is 12.6. The second-order valence-corrected chi connectivity index (χ2v) is 10.2. The summed E-state index contributed by atoms with van der Waals surface area (Å²) in [5, 5.41) is 2.39. The van der Waals surface area contributed by atoms with E-state index in [1.165, 1.54) is 10.9 Å². The SMILES string of the molecule is C#C[C@]1(COC(=O)C(C)C)O[C@@H](n2cnc3c(NC(=O)[C@H]4CCC(=O)O4)nc(Cl)nc32)C[C@@H]1OC(=O)C(C)C. The number of carbonyl (C=O) groups excluding carboxylic acids is 4. The van der Waals surface area contributed by atoms with Gasteiger partial charge >= 0.3 is 17.9 Å². The monoisotopic (exact) mass is 561 g/mol. The van der Waals surface area contributed by atoms with Gasteiger partial charge in [-0.05, 0) is 11.6 Å². The van der Waals surface area contributed by atoms with Crippen LogP contribution in [-0.4, -0.2) is 67.7 Å². The topological polar surface area (TPSA) is 161 Å². The lowest BCUT2D eigenvalue weighted by molar-refractivity contribution is -0.170. The minimum Gasteiger partial charge on any atom is -0.461 e. The molecule has 2 aliphatic rings. The Labute approximate surface area is 228 Å². The van der Waals surface area contributed by atoms with Gasteiger partial charge in [0.05, 0.1) is 18.2 Å². The maximum atomic E-state index is 12.6. The van der Waals surface area contributed by atoms with Crippen LogP contribution in [0.2, 0.25) is 5.28 Å². The van der Waals surface area contributed by atoms with Gasteiger partial charge in [-0.3, -0.25) is 23.7 Å². The van der Waals surface area contributed by atoms with Gasteiger partial charge in [0.2, 0.25) is 10.9 Å². The van der Waals surface area contributed by atoms with E-state index < -0.39 is 59.7 Å². The summed E-state index contributed by atoms with van der Waals surface area (Å²) in [6.45, 7) is 6.35. The number of carbonyl (C=O) groups is 4. The number of esters is 3. The Morgan fingerprint density at radius 3 is 2.59 bits per heavy atom. The fraction of sp³-hybridized carbons (Fsp3) is 0.560. The third kappa shape index (κ3) is 5.81. The van der Waals surface area contributed by atoms with Crippen LogP contribution >= 0.6 is 11.6 Å². The van der Waals surface area contributed by atoms with Crippen LogP contribution in [0, 0.1) is 24.2 Å². The van der Waals surface area contributed by atoms with Crippen LogP contribution < -0.4 is 5.32 Å². The number of imidazole rings is 1. The van der Waals surface area contributed by atoms with E-state index in [2.05, 4.69) is 26.2 Å². The Bertz CT molecular complexity index is 1350. The number of amides is 1. The van der Waals surface area contributed by atoms with Crippen molar-refractivity contribution in [1.29, 1.82) is 0 Å². The second kappa shape index (κ2) is 11.2. The Hall–Kier alpha value is -3.76. The van der Waals surface area contributed by atoms with E-state index in [4.69, 9.17) is 37.0 Å². The average Bonchev–Trinajstić information content (AvgIpc) is 3.59. The van der Waals surface area contributed by atoms with Crippen molar-refractivity contribution >= 4 is 52.4 Å². The molecule has 2 aliphatic heterocycles. The van der Waals surface area contributed by atoms with Gasteiger partial charge in [0.1, 0.15) is 18.9 Å². The van der Waals surface area contributed by atoms with Gasteiger partial charge in [0.25, 0.3) is 5.91 Å². The molecule has 39 heavy (non-hydrogen) atoms. The molecule has 13 nitrogen and oxygen atoms in total. The Kier molecular flexibility index (Phi) is 8.08. The van der Waals surface area contributed by atoms with E-state index >= 15 is 0 Å². The lowest BCUT2D eigenvalue weighted by Gasteiger charge is -2.29. The predicted octanol–water partition coefficient (Wildman–Crippen LogP) is 2.18. The first-order valence-electron chi connectivity index (χ1n) is 12.4. The van der Waals surface area contributed by atoms with Crippen molar-refractivity contribution in [3.63, 3.8) is 0 Å². The number of hydrogen-bond acceptors (Lipinski definition) is 11. The first kappa shape index (κ1) is 28.3. The molecule has 1 N–H and O–H groups in total. The molecule has 208 valence electrons. The highest BCUT2D eigenvalue weighted by Crippen LogP contribution is 2.41. The number of nitrogens with zero attached hydrogens (tertiary/aromatic N) is 4. The Morgan fingerprint density at radius 1 is 1.26 bits per heavy atom. The molecule has 2 saturated heterocycles. The highest BCUT2D eigenvalue weighted by Gasteiger charge is 2.52. The number of rotatable bonds is 8. The molecule has 4 rings (SSSR count). The average molecular weight is 562 g/mol. The van der Waals surface area contributed by atoms with Crippen LogP contribution in [0.25, 0.3) is 11.2 Å². The normalized spacial score (nSPS) is 24.6. The van der Waals surface area contributed by atoms with E-state index in [0.717, 1.165) is 0 Å². The van der Waals surface area contributed by atoms with Crippen LogP contribution in [0.3, 0.4) is 0 Å². The number of fused-ring (bicyclic) bond motifs is 1. The summed E-state index contributed by atoms with van der Waals surface area (Å²) in [7, 11) is 0. The van der Waals surface area contributed by atoms with Crippen molar-refractivity contribution in [3.8, 4) is 12.3 Å². The molecular weight excluding hydrogens is 534 g/mol. The highest BCUT2D eigenvalue weighted by atomic mass is 35.5. The molecule has 0 aromatic carbocycles. The highest BCUT2D eigenvalue weighted by molar-refractivity contribution is 6.28. The molecule has 0 saturated carbocycles. The lowest BCUT2D eigenvalue weighted by Crippen LogP contribution is -2.46. The molecule has 0 spiro atoms. The van der Waals surface area contributed by atoms with Crippen molar-refractivity contribution < 1.29 is 38.1 Å². The molecule has 2 aromatic heterocycles. The third-order valence-electron chi connectivity index (χ3n) is 6.28. The molecule has 0 unspecified atom stereocenters. The van der Waals surface area contributed by atoms with Crippen LogP contribution in [0.1, 0.15) is 53.2 Å². The zero-order chi connectivity index (χ0) is 28.5. The molecule has 0 radical (unpaired) electrons. The molecule has 2 aromatic rings. The number of halogens is 1. The first-order chi connectivity index (χ1) is 18.4. The number of cyclic esters (lactones) is 1. The summed E-state index contributed by atoms with van der Waals surface area (Å²) in [6.07, 6.45) is 4.92. The summed E-state index contributed by atoms with van der Waals surface area (Å²) in [6, 6.07) is 0. The molecule has 1 amide bonds. The molecule has 4 atom stereocenters. The molecule has 14 heteroatoms. The minimum atomic E-state index is -1.59. The Morgan fingerprint density at radius 2 is 1.97 bits per heavy atom. The predicted molar refractivity (Wildman–Crippen MR) is 135 cm³/mol. The number of aromatic nitrogens is 4. The molecule has 0 aliphatic carbocycles. The summed E-state index contributed by atoms with van der Waals surface area (Å²) >= 11 is 6.16. The molecular formula is C25H28ClN5O8. The molecule has 4 heterocycles. The van der Waals surface area contributed by atoms with Crippen molar-refractivity contribution in [1.82, 2.24) is 19.5 Å². The van der Waals surface area contributed by atoms with Gasteiger partial charge in [0.15, 0.2) is 23.1 Å². The fourth-order valence-electron chi connectivity index (χ4n) is 4.07. The van der Waals surface area contributed by atoms with Gasteiger partial charge in [0, 0.05) is 19.3 Å². The van der Waals surface area contributed by atoms with Gasteiger partial charge in [-0.25, -0.2) is 4.98 Å². The summed E-state index contributed by atoms with van der Waals surface area (Å²) in [5.74, 6) is -0.366. The number of hydrogen-bond donors (Lipinski definition) is 1. The number of terminal acetylenes is 1. The standard InChI is InChI=1S/C25H28ClN5O8/c1-6-25(10-36-22(34)12(2)3)15(38-23(35)13(4)5)9-16(39-25)31-11-27-18-19(29-24(26)30-20(18)31)28-21(33)14-7-8-17(32)37-14/h1,11-16H,7-10H2,2-5H3,(H,28,29,30,33)/t14-,15+,16-,25-/m1/s1. The summed E-state index contributed by atoms with van der Waals surface area (Å²) in [4.78, 5) is 61.3. The maximum Gasteiger partial charge on any atom is 0.308 e. The van der Waals surface area contributed by atoms with E-state index in [1.54, 1.807) is 27.7 Å². The largest absolute Gasteiger partial charge is 0.461 e. The van der Waals surface area contributed by atoms with Crippen molar-refractivity contribution in [2.45, 2.75) is 71.0 Å². The second-order valence-electron chi connectivity index (χ2n) is 9.86. The van der Waals surface area contributed by atoms with Crippen LogP contribution in [0.4, 0.5) is 5.82 Å². The van der Waals surface area contributed by atoms with Gasteiger partial charge < -0.3 is 24.3 Å². The molecule has 0 bridgehead atoms. The third-order valence-corrected chi connectivity index (χ3v) is 6.45. The van der Waals surface area contributed by atoms with E-state index in [1.807, 2.05) is 0 Å². The van der Waals surface area contributed by atoms with E-state index in [0.29, 0.717) is 0 Å². The zero-order valence-corrected chi connectivity index (χ0v) is 22.6. The summed E-state index contributed by atoms with van der Waals surface area (Å²) < 4.78 is 23.8. The van der Waals surface area contributed by atoms with Crippen molar-refractivity contribution in [2.75, 3.05) is 11.9 Å². The van der Waals surface area contributed by atoms with Crippen molar-refractivity contribution in [3.05, 3.63) is 11.6 Å².